The minimum absolute atomic E-state index is 0.0144. The lowest BCUT2D eigenvalue weighted by Gasteiger charge is -2.14. The summed E-state index contributed by atoms with van der Waals surface area (Å²) in [5.74, 6) is -3.05. The SMILES string of the molecule is N#Cc1c(-c2cccc(CNC(N)=O)c2)cc(-c2ccccc2O)nc1NC(=O)c1cccs1.O=C(O)C(F)(F)F. The Morgan fingerprint density at radius 2 is 1.73 bits per heavy atom. The molecule has 0 atom stereocenters. The van der Waals surface area contributed by atoms with E-state index in [4.69, 9.17) is 15.6 Å². The van der Waals surface area contributed by atoms with Gasteiger partial charge in [0.1, 0.15) is 17.4 Å². The predicted octanol–water partition coefficient (Wildman–Crippen LogP) is 5.11. The number of rotatable bonds is 6. The number of thiophene rings is 1. The fourth-order valence-electron chi connectivity index (χ4n) is 3.42. The van der Waals surface area contributed by atoms with E-state index in [2.05, 4.69) is 21.7 Å². The van der Waals surface area contributed by atoms with Gasteiger partial charge in [-0.1, -0.05) is 36.4 Å². The van der Waals surface area contributed by atoms with E-state index in [-0.39, 0.29) is 23.7 Å². The van der Waals surface area contributed by atoms with Gasteiger partial charge in [0.25, 0.3) is 5.91 Å². The van der Waals surface area contributed by atoms with Crippen molar-refractivity contribution in [3.8, 4) is 34.2 Å². The van der Waals surface area contributed by atoms with Crippen molar-refractivity contribution in [2.24, 2.45) is 5.73 Å². The number of carboxylic acids is 1. The first kappa shape index (κ1) is 30.1. The standard InChI is InChI=1S/C25H19N5O3S.C2HF3O2/c26-13-19-18(16-6-3-5-15(11-16)14-28-25(27)33)12-20(17-7-1-2-8-21(17)31)29-23(19)30-24(32)22-9-4-10-34-22;3-2(4,5)1(6)7/h1-12,31H,14H2,(H3,27,28,33)(H,29,30,32);(H,6,7). The van der Waals surface area contributed by atoms with E-state index in [1.165, 1.54) is 17.4 Å². The highest BCUT2D eigenvalue weighted by Crippen LogP contribution is 2.35. The zero-order valence-electron chi connectivity index (χ0n) is 20.8. The molecule has 0 radical (unpaired) electrons. The average Bonchev–Trinajstić information content (AvgIpc) is 3.47. The van der Waals surface area contributed by atoms with Gasteiger partial charge < -0.3 is 26.6 Å². The number of phenols is 1. The van der Waals surface area contributed by atoms with Crippen molar-refractivity contribution >= 4 is 35.1 Å². The summed E-state index contributed by atoms with van der Waals surface area (Å²) in [5, 5.41) is 34.6. The van der Waals surface area contributed by atoms with E-state index < -0.39 is 24.1 Å². The second-order valence-electron chi connectivity index (χ2n) is 8.06. The van der Waals surface area contributed by atoms with Crippen molar-refractivity contribution in [2.45, 2.75) is 12.7 Å². The van der Waals surface area contributed by atoms with Crippen LogP contribution in [0.4, 0.5) is 23.8 Å². The predicted molar refractivity (Wildman–Crippen MR) is 144 cm³/mol. The number of phenolic OH excluding ortho intramolecular Hbond substituents is 1. The van der Waals surface area contributed by atoms with Crippen LogP contribution in [0, 0.1) is 11.3 Å². The van der Waals surface area contributed by atoms with Crippen LogP contribution in [0.1, 0.15) is 20.8 Å². The first-order valence-corrected chi connectivity index (χ1v) is 12.3. The molecule has 14 heteroatoms. The normalized spacial score (nSPS) is 10.5. The van der Waals surface area contributed by atoms with Gasteiger partial charge in [0.05, 0.1) is 10.6 Å². The van der Waals surface area contributed by atoms with Gasteiger partial charge in [-0.25, -0.2) is 14.6 Å². The van der Waals surface area contributed by atoms with Gasteiger partial charge >= 0.3 is 18.2 Å². The largest absolute Gasteiger partial charge is 0.507 e. The van der Waals surface area contributed by atoms with Crippen molar-refractivity contribution < 1.29 is 37.8 Å². The van der Waals surface area contributed by atoms with Crippen molar-refractivity contribution in [2.75, 3.05) is 5.32 Å². The molecular formula is C27H20F3N5O5S. The number of amides is 3. The smallest absolute Gasteiger partial charge is 0.490 e. The van der Waals surface area contributed by atoms with Crippen molar-refractivity contribution in [1.29, 1.82) is 5.26 Å². The Morgan fingerprint density at radius 1 is 1.02 bits per heavy atom. The number of nitrogens with two attached hydrogens (primary N) is 1. The fourth-order valence-corrected chi connectivity index (χ4v) is 4.04. The summed E-state index contributed by atoms with van der Waals surface area (Å²) in [6.07, 6.45) is -5.08. The third-order valence-electron chi connectivity index (χ3n) is 5.24. The van der Waals surface area contributed by atoms with E-state index in [0.29, 0.717) is 27.3 Å². The number of urea groups is 1. The number of primary amides is 1. The van der Waals surface area contributed by atoms with Crippen LogP contribution in [0.25, 0.3) is 22.4 Å². The third kappa shape index (κ3) is 8.04. The van der Waals surface area contributed by atoms with Crippen molar-refractivity contribution in [3.05, 3.63) is 88.1 Å². The number of benzene rings is 2. The van der Waals surface area contributed by atoms with Crippen LogP contribution < -0.4 is 16.4 Å². The van der Waals surface area contributed by atoms with Crippen LogP contribution in [0.2, 0.25) is 0 Å². The first-order chi connectivity index (χ1) is 19.4. The van der Waals surface area contributed by atoms with Gasteiger partial charge in [-0.2, -0.15) is 18.4 Å². The Bertz CT molecular complexity index is 1620. The second-order valence-corrected chi connectivity index (χ2v) is 9.01. The monoisotopic (exact) mass is 583 g/mol. The summed E-state index contributed by atoms with van der Waals surface area (Å²) in [6.45, 7) is 0.213. The number of aliphatic carboxylic acids is 1. The molecule has 2 aromatic heterocycles. The van der Waals surface area contributed by atoms with Crippen molar-refractivity contribution in [3.63, 3.8) is 0 Å². The molecule has 4 rings (SSSR count). The minimum atomic E-state index is -5.08. The molecule has 0 saturated carbocycles. The van der Waals surface area contributed by atoms with E-state index >= 15 is 0 Å². The number of nitriles is 1. The van der Waals surface area contributed by atoms with Crippen LogP contribution >= 0.6 is 11.3 Å². The number of para-hydroxylation sites is 1. The molecule has 10 nitrogen and oxygen atoms in total. The molecule has 3 amide bonds. The van der Waals surface area contributed by atoms with Gasteiger partial charge in [0.2, 0.25) is 0 Å². The van der Waals surface area contributed by atoms with Crippen LogP contribution in [0.3, 0.4) is 0 Å². The number of pyridine rings is 1. The first-order valence-electron chi connectivity index (χ1n) is 11.4. The number of carboxylic acid groups (broad SMARTS) is 1. The molecule has 0 aliphatic heterocycles. The quantitative estimate of drug-likeness (QED) is 0.209. The number of alkyl halides is 3. The van der Waals surface area contributed by atoms with E-state index in [1.54, 1.807) is 47.8 Å². The van der Waals surface area contributed by atoms with Gasteiger partial charge in [-0.15, -0.1) is 11.3 Å². The number of nitrogens with zero attached hydrogens (tertiary/aromatic N) is 2. The highest BCUT2D eigenvalue weighted by Gasteiger charge is 2.38. The summed E-state index contributed by atoms with van der Waals surface area (Å²) < 4.78 is 31.7. The van der Waals surface area contributed by atoms with Gasteiger partial charge in [-0.3, -0.25) is 4.79 Å². The van der Waals surface area contributed by atoms with E-state index in [9.17, 15) is 33.1 Å². The van der Waals surface area contributed by atoms with Crippen LogP contribution in [0.15, 0.2) is 72.1 Å². The molecule has 0 aliphatic rings. The molecule has 41 heavy (non-hydrogen) atoms. The van der Waals surface area contributed by atoms with Crippen molar-refractivity contribution in [1.82, 2.24) is 10.3 Å². The Morgan fingerprint density at radius 3 is 2.32 bits per heavy atom. The molecule has 0 saturated heterocycles. The fraction of sp³-hybridized carbons (Fsp3) is 0.0741. The number of aromatic nitrogens is 1. The van der Waals surface area contributed by atoms with E-state index in [0.717, 1.165) is 5.56 Å². The number of anilines is 1. The van der Waals surface area contributed by atoms with Gasteiger partial charge in [0, 0.05) is 17.7 Å². The number of hydrogen-bond donors (Lipinski definition) is 5. The molecule has 0 spiro atoms. The molecule has 4 aromatic rings. The molecule has 2 aromatic carbocycles. The Labute approximate surface area is 234 Å². The maximum absolute atomic E-state index is 12.8. The Balaban J connectivity index is 0.000000587. The molecule has 2 heterocycles. The average molecular weight is 584 g/mol. The number of aromatic hydroxyl groups is 1. The highest BCUT2D eigenvalue weighted by molar-refractivity contribution is 7.12. The summed E-state index contributed by atoms with van der Waals surface area (Å²) in [5.41, 5.74) is 8.13. The maximum atomic E-state index is 12.8. The molecule has 0 bridgehead atoms. The lowest BCUT2D eigenvalue weighted by molar-refractivity contribution is -0.192. The molecule has 0 fully saturated rings. The third-order valence-corrected chi connectivity index (χ3v) is 6.10. The zero-order valence-corrected chi connectivity index (χ0v) is 21.6. The molecule has 0 aliphatic carbocycles. The van der Waals surface area contributed by atoms with E-state index in [1.807, 2.05) is 18.2 Å². The number of carbonyl (C=O) groups is 3. The second kappa shape index (κ2) is 13.1. The van der Waals surface area contributed by atoms with Crippen LogP contribution in [-0.4, -0.2) is 39.3 Å². The van der Waals surface area contributed by atoms with Gasteiger partial charge in [0.15, 0.2) is 5.82 Å². The molecule has 6 N–H and O–H groups in total. The van der Waals surface area contributed by atoms with Crippen LogP contribution in [0.5, 0.6) is 5.75 Å². The van der Waals surface area contributed by atoms with Gasteiger partial charge in [-0.05, 0) is 46.8 Å². The highest BCUT2D eigenvalue weighted by atomic mass is 32.1. The Kier molecular flexibility index (Phi) is 9.62. The topological polar surface area (TPSA) is 178 Å². The number of halogens is 3. The molecule has 210 valence electrons. The molecular weight excluding hydrogens is 563 g/mol. The zero-order chi connectivity index (χ0) is 30.2. The number of hydrogen-bond acceptors (Lipinski definition) is 7. The number of nitrogens with one attached hydrogen (secondary N) is 2. The van der Waals surface area contributed by atoms with Crippen LogP contribution in [-0.2, 0) is 11.3 Å². The maximum Gasteiger partial charge on any atom is 0.490 e. The minimum Gasteiger partial charge on any atom is -0.507 e. The molecule has 0 unspecified atom stereocenters. The lowest BCUT2D eigenvalue weighted by atomic mass is 9.96. The summed E-state index contributed by atoms with van der Waals surface area (Å²) in [4.78, 5) is 37.7. The summed E-state index contributed by atoms with van der Waals surface area (Å²) in [7, 11) is 0. The summed E-state index contributed by atoms with van der Waals surface area (Å²) in [6, 6.07) is 20.5. The lowest BCUT2D eigenvalue weighted by Crippen LogP contribution is -2.28. The number of carbonyl (C=O) groups excluding carboxylic acids is 2. The Hall–Kier alpha value is -5.42. The summed E-state index contributed by atoms with van der Waals surface area (Å²) >= 11 is 1.27.